The highest BCUT2D eigenvalue weighted by atomic mass is 16.5. The second-order valence-corrected chi connectivity index (χ2v) is 6.41. The largest absolute Gasteiger partial charge is 0.377 e. The Hall–Kier alpha value is -1.80. The van der Waals surface area contributed by atoms with Gasteiger partial charge in [0.1, 0.15) is 6.61 Å². The van der Waals surface area contributed by atoms with E-state index in [1.165, 1.54) is 11.8 Å². The van der Waals surface area contributed by atoms with Crippen molar-refractivity contribution in [3.8, 4) is 0 Å². The maximum atomic E-state index is 12.1. The highest BCUT2D eigenvalue weighted by molar-refractivity contribution is 6.03. The van der Waals surface area contributed by atoms with E-state index in [2.05, 4.69) is 5.32 Å². The molecule has 1 heterocycles. The molecule has 25 heavy (non-hydrogen) atoms. The molecule has 3 amide bonds. The van der Waals surface area contributed by atoms with Gasteiger partial charge in [-0.3, -0.25) is 24.1 Å². The van der Waals surface area contributed by atoms with Crippen molar-refractivity contribution in [3.63, 3.8) is 0 Å². The van der Waals surface area contributed by atoms with Gasteiger partial charge in [0, 0.05) is 31.8 Å². The van der Waals surface area contributed by atoms with E-state index in [1.807, 2.05) is 13.8 Å². The lowest BCUT2D eigenvalue weighted by Gasteiger charge is -2.16. The van der Waals surface area contributed by atoms with E-state index in [0.717, 1.165) is 0 Å². The Bertz CT molecular complexity index is 492. The van der Waals surface area contributed by atoms with Gasteiger partial charge in [0.05, 0.1) is 19.8 Å². The summed E-state index contributed by atoms with van der Waals surface area (Å²) in [7, 11) is 0. The summed E-state index contributed by atoms with van der Waals surface area (Å²) in [5.41, 5.74) is 0. The van der Waals surface area contributed by atoms with Crippen LogP contribution in [0.15, 0.2) is 0 Å². The number of carbonyl (C=O) groups is 4. The molecular weight excluding hydrogens is 328 g/mol. The summed E-state index contributed by atoms with van der Waals surface area (Å²) < 4.78 is 10.3. The predicted molar refractivity (Wildman–Crippen MR) is 89.6 cm³/mol. The molecule has 142 valence electrons. The molecule has 1 rings (SSSR count). The molecule has 1 atom stereocenters. The number of carbonyl (C=O) groups excluding carboxylic acids is 4. The Morgan fingerprint density at radius 3 is 2.48 bits per heavy atom. The van der Waals surface area contributed by atoms with Crippen molar-refractivity contribution < 1.29 is 28.7 Å². The van der Waals surface area contributed by atoms with Crippen molar-refractivity contribution in [1.82, 2.24) is 10.2 Å². The lowest BCUT2D eigenvalue weighted by atomic mass is 9.94. The lowest BCUT2D eigenvalue weighted by Crippen LogP contribution is -2.36. The topological polar surface area (TPSA) is 102 Å². The summed E-state index contributed by atoms with van der Waals surface area (Å²) in [6.45, 7) is 6.80. The zero-order valence-corrected chi connectivity index (χ0v) is 15.2. The normalized spacial score (nSPS) is 17.4. The molecule has 0 bridgehead atoms. The van der Waals surface area contributed by atoms with Crippen LogP contribution in [0.4, 0.5) is 0 Å². The monoisotopic (exact) mass is 356 g/mol. The molecule has 1 unspecified atom stereocenters. The molecule has 1 N–H and O–H groups in total. The van der Waals surface area contributed by atoms with E-state index in [9.17, 15) is 19.2 Å². The maximum absolute atomic E-state index is 12.1. The van der Waals surface area contributed by atoms with Crippen LogP contribution in [0.3, 0.4) is 0 Å². The van der Waals surface area contributed by atoms with Gasteiger partial charge in [0.2, 0.25) is 17.7 Å². The average Bonchev–Trinajstić information content (AvgIpc) is 2.82. The van der Waals surface area contributed by atoms with Gasteiger partial charge in [-0.1, -0.05) is 13.8 Å². The molecule has 0 aromatic heterocycles. The van der Waals surface area contributed by atoms with Crippen LogP contribution < -0.4 is 5.32 Å². The first kappa shape index (κ1) is 21.2. The van der Waals surface area contributed by atoms with E-state index in [-0.39, 0.29) is 61.3 Å². The number of hydrogen-bond acceptors (Lipinski definition) is 6. The third-order valence-corrected chi connectivity index (χ3v) is 3.89. The smallest absolute Gasteiger partial charge is 0.233 e. The van der Waals surface area contributed by atoms with Crippen molar-refractivity contribution in [2.24, 2.45) is 11.8 Å². The van der Waals surface area contributed by atoms with Crippen LogP contribution in [-0.4, -0.2) is 67.9 Å². The van der Waals surface area contributed by atoms with E-state index in [1.54, 1.807) is 0 Å². The maximum Gasteiger partial charge on any atom is 0.233 e. The number of imide groups is 1. The fourth-order valence-corrected chi connectivity index (χ4v) is 2.46. The quantitative estimate of drug-likeness (QED) is 0.394. The molecule has 1 aliphatic rings. The summed E-state index contributed by atoms with van der Waals surface area (Å²) in [6, 6.07) is 0. The van der Waals surface area contributed by atoms with Gasteiger partial charge in [0.15, 0.2) is 5.78 Å². The SMILES string of the molecule is CC(=O)COCCOCCNC(=O)CCN1C(=O)CC(C(C)C)C1=O. The van der Waals surface area contributed by atoms with E-state index >= 15 is 0 Å². The lowest BCUT2D eigenvalue weighted by molar-refractivity contribution is -0.140. The Balaban J connectivity index is 2.10. The molecular formula is C17H28N2O6. The molecule has 8 heteroatoms. The second-order valence-electron chi connectivity index (χ2n) is 6.41. The van der Waals surface area contributed by atoms with Crippen molar-refractivity contribution in [2.75, 3.05) is 39.5 Å². The van der Waals surface area contributed by atoms with Crippen molar-refractivity contribution in [1.29, 1.82) is 0 Å². The van der Waals surface area contributed by atoms with Crippen LogP contribution in [0.1, 0.15) is 33.6 Å². The van der Waals surface area contributed by atoms with Gasteiger partial charge >= 0.3 is 0 Å². The standard InChI is InChI=1S/C17H28N2O6/c1-12(2)14-10-16(22)19(17(14)23)6-4-15(21)18-5-7-24-8-9-25-11-13(3)20/h12,14H,4-11H2,1-3H3,(H,18,21). The van der Waals surface area contributed by atoms with Gasteiger partial charge < -0.3 is 14.8 Å². The van der Waals surface area contributed by atoms with Gasteiger partial charge in [-0.25, -0.2) is 0 Å². The second kappa shape index (κ2) is 10.9. The van der Waals surface area contributed by atoms with Crippen LogP contribution in [0.2, 0.25) is 0 Å². The first-order valence-electron chi connectivity index (χ1n) is 8.58. The number of ketones is 1. The van der Waals surface area contributed by atoms with Crippen molar-refractivity contribution >= 4 is 23.5 Å². The molecule has 0 aromatic carbocycles. The highest BCUT2D eigenvalue weighted by Crippen LogP contribution is 2.26. The molecule has 0 saturated carbocycles. The molecule has 1 aliphatic heterocycles. The van der Waals surface area contributed by atoms with Crippen LogP contribution in [0.25, 0.3) is 0 Å². The van der Waals surface area contributed by atoms with Crippen LogP contribution in [-0.2, 0) is 28.7 Å². The third kappa shape index (κ3) is 7.74. The Kier molecular flexibility index (Phi) is 9.30. The molecule has 0 aromatic rings. The number of likely N-dealkylation sites (tertiary alicyclic amines) is 1. The number of rotatable bonds is 12. The van der Waals surface area contributed by atoms with Crippen LogP contribution in [0.5, 0.6) is 0 Å². The molecule has 0 spiro atoms. The molecule has 0 aliphatic carbocycles. The fraction of sp³-hybridized carbons (Fsp3) is 0.765. The molecule has 0 radical (unpaired) electrons. The third-order valence-electron chi connectivity index (χ3n) is 3.89. The molecule has 1 saturated heterocycles. The van der Waals surface area contributed by atoms with E-state index in [4.69, 9.17) is 9.47 Å². The Morgan fingerprint density at radius 2 is 1.88 bits per heavy atom. The number of Topliss-reactive ketones (excluding diaryl/α,β-unsaturated/α-hetero) is 1. The summed E-state index contributed by atoms with van der Waals surface area (Å²) in [5, 5.41) is 2.67. The van der Waals surface area contributed by atoms with Gasteiger partial charge in [-0.2, -0.15) is 0 Å². The van der Waals surface area contributed by atoms with Gasteiger partial charge in [0.25, 0.3) is 0 Å². The number of hydrogen-bond donors (Lipinski definition) is 1. The van der Waals surface area contributed by atoms with Gasteiger partial charge in [-0.15, -0.1) is 0 Å². The Labute approximate surface area is 148 Å². The van der Waals surface area contributed by atoms with Crippen molar-refractivity contribution in [2.45, 2.75) is 33.6 Å². The summed E-state index contributed by atoms with van der Waals surface area (Å²) in [6.07, 6.45) is 0.321. The summed E-state index contributed by atoms with van der Waals surface area (Å²) >= 11 is 0. The van der Waals surface area contributed by atoms with Crippen LogP contribution in [0, 0.1) is 11.8 Å². The average molecular weight is 356 g/mol. The van der Waals surface area contributed by atoms with E-state index < -0.39 is 0 Å². The zero-order chi connectivity index (χ0) is 18.8. The minimum Gasteiger partial charge on any atom is -0.377 e. The minimum atomic E-state index is -0.269. The zero-order valence-electron chi connectivity index (χ0n) is 15.2. The molecule has 1 fully saturated rings. The summed E-state index contributed by atoms with van der Waals surface area (Å²) in [5.74, 6) is -0.805. The highest BCUT2D eigenvalue weighted by Gasteiger charge is 2.39. The first-order chi connectivity index (χ1) is 11.8. The van der Waals surface area contributed by atoms with E-state index in [0.29, 0.717) is 26.4 Å². The number of ether oxygens (including phenoxy) is 2. The molecule has 8 nitrogen and oxygen atoms in total. The number of amides is 3. The summed E-state index contributed by atoms with van der Waals surface area (Å²) in [4.78, 5) is 47.6. The number of nitrogens with one attached hydrogen (secondary N) is 1. The number of nitrogens with zero attached hydrogens (tertiary/aromatic N) is 1. The Morgan fingerprint density at radius 1 is 1.20 bits per heavy atom. The predicted octanol–water partition coefficient (Wildman–Crippen LogP) is 0.146. The first-order valence-corrected chi connectivity index (χ1v) is 8.58. The van der Waals surface area contributed by atoms with Crippen molar-refractivity contribution in [3.05, 3.63) is 0 Å². The van der Waals surface area contributed by atoms with Gasteiger partial charge in [-0.05, 0) is 12.8 Å². The minimum absolute atomic E-state index is 0.0399. The fourth-order valence-electron chi connectivity index (χ4n) is 2.46. The van der Waals surface area contributed by atoms with Crippen LogP contribution >= 0.6 is 0 Å².